The highest BCUT2D eigenvalue weighted by molar-refractivity contribution is 6.28. The van der Waals surface area contributed by atoms with E-state index in [1.165, 1.54) is 0 Å². The van der Waals surface area contributed by atoms with Crippen molar-refractivity contribution in [1.29, 1.82) is 0 Å². The molecular formula is C6H10ClNO2. The third-order valence-corrected chi connectivity index (χ3v) is 1.01. The number of alkyl halides is 1. The molecule has 0 rings (SSSR count). The zero-order valence-electron chi connectivity index (χ0n) is 6.06. The van der Waals surface area contributed by atoms with Crippen LogP contribution < -0.4 is 0 Å². The van der Waals surface area contributed by atoms with Crippen molar-refractivity contribution in [3.05, 3.63) is 0 Å². The zero-order valence-corrected chi connectivity index (χ0v) is 6.81. The van der Waals surface area contributed by atoms with Crippen LogP contribution >= 0.6 is 11.6 Å². The highest BCUT2D eigenvalue weighted by Gasteiger charge is 1.95. The Bertz CT molecular complexity index is 145. The molecule has 4 heteroatoms. The largest absolute Gasteiger partial charge is 0.379 e. The molecule has 0 aliphatic rings. The number of carbonyl (C=O) groups is 1. The molecule has 0 aromatic rings. The van der Waals surface area contributed by atoms with Gasteiger partial charge in [0.05, 0.1) is 6.61 Å². The van der Waals surface area contributed by atoms with Gasteiger partial charge in [0.15, 0.2) is 0 Å². The van der Waals surface area contributed by atoms with Crippen LogP contribution in [0.25, 0.3) is 0 Å². The molecule has 0 aliphatic heterocycles. The first kappa shape index (κ1) is 9.59. The molecule has 0 radical (unpaired) electrons. The van der Waals surface area contributed by atoms with E-state index in [1.807, 2.05) is 0 Å². The number of halogens is 1. The summed E-state index contributed by atoms with van der Waals surface area (Å²) in [5.74, 6) is -0.391. The number of amides is 1. The van der Waals surface area contributed by atoms with Gasteiger partial charge in [-0.3, -0.25) is 4.79 Å². The van der Waals surface area contributed by atoms with Crippen molar-refractivity contribution < 1.29 is 9.53 Å². The summed E-state index contributed by atoms with van der Waals surface area (Å²) in [7, 11) is 1.55. The van der Waals surface area contributed by atoms with Gasteiger partial charge in [-0.25, -0.2) is 4.99 Å². The van der Waals surface area contributed by atoms with Crippen LogP contribution in [0.3, 0.4) is 0 Å². The third kappa shape index (κ3) is 4.47. The fraction of sp³-hybridized carbons (Fsp3) is 0.667. The average molecular weight is 164 g/mol. The highest BCUT2D eigenvalue weighted by atomic mass is 35.5. The van der Waals surface area contributed by atoms with Gasteiger partial charge in [0.2, 0.25) is 0 Å². The van der Waals surface area contributed by atoms with Gasteiger partial charge in [-0.1, -0.05) is 0 Å². The van der Waals surface area contributed by atoms with Crippen LogP contribution in [0, 0.1) is 0 Å². The molecule has 0 aliphatic carbocycles. The zero-order chi connectivity index (χ0) is 7.98. The van der Waals surface area contributed by atoms with Crippen LogP contribution in [-0.2, 0) is 9.53 Å². The first-order valence-corrected chi connectivity index (χ1v) is 3.36. The predicted molar refractivity (Wildman–Crippen MR) is 40.7 cm³/mol. The van der Waals surface area contributed by atoms with Crippen molar-refractivity contribution in [3.63, 3.8) is 0 Å². The second kappa shape index (κ2) is 5.38. The van der Waals surface area contributed by atoms with Crippen LogP contribution in [0.2, 0.25) is 0 Å². The molecule has 0 N–H and O–H groups in total. The summed E-state index contributed by atoms with van der Waals surface area (Å²) in [6.07, 6.45) is 0. The molecule has 0 saturated carbocycles. The van der Waals surface area contributed by atoms with Crippen molar-refractivity contribution in [2.24, 2.45) is 4.99 Å². The van der Waals surface area contributed by atoms with Gasteiger partial charge >= 0.3 is 0 Å². The second-order valence-corrected chi connectivity index (χ2v) is 2.07. The Morgan fingerprint density at radius 3 is 2.70 bits per heavy atom. The van der Waals surface area contributed by atoms with Gasteiger partial charge in [0.1, 0.15) is 5.88 Å². The van der Waals surface area contributed by atoms with E-state index in [2.05, 4.69) is 4.99 Å². The van der Waals surface area contributed by atoms with E-state index >= 15 is 0 Å². The van der Waals surface area contributed by atoms with E-state index in [4.69, 9.17) is 16.3 Å². The first-order chi connectivity index (χ1) is 4.70. The molecule has 58 valence electrons. The van der Waals surface area contributed by atoms with Gasteiger partial charge in [0.25, 0.3) is 5.91 Å². The molecule has 10 heavy (non-hydrogen) atoms. The Morgan fingerprint density at radius 1 is 1.70 bits per heavy atom. The molecule has 3 nitrogen and oxygen atoms in total. The third-order valence-electron chi connectivity index (χ3n) is 0.783. The SMILES string of the molecule is COCC(C)=NC(=O)CCl. The van der Waals surface area contributed by atoms with Gasteiger partial charge in [-0.2, -0.15) is 0 Å². The molecular weight excluding hydrogens is 154 g/mol. The van der Waals surface area contributed by atoms with Crippen LogP contribution in [0.1, 0.15) is 6.92 Å². The summed E-state index contributed by atoms with van der Waals surface area (Å²) in [5, 5.41) is 0. The van der Waals surface area contributed by atoms with Crippen molar-refractivity contribution in [3.8, 4) is 0 Å². The minimum Gasteiger partial charge on any atom is -0.379 e. The number of carbonyl (C=O) groups excluding carboxylic acids is 1. The minimum absolute atomic E-state index is 0.0684. The standard InChI is InChI=1S/C6H10ClNO2/c1-5(4-10-2)8-6(9)3-7/h3-4H2,1-2H3. The molecule has 0 unspecified atom stereocenters. The van der Waals surface area contributed by atoms with E-state index in [0.29, 0.717) is 12.3 Å². The minimum atomic E-state index is -0.323. The summed E-state index contributed by atoms with van der Waals surface area (Å²) in [5.41, 5.74) is 0.646. The lowest BCUT2D eigenvalue weighted by atomic mass is 10.4. The van der Waals surface area contributed by atoms with Crippen LogP contribution in [0.5, 0.6) is 0 Å². The number of hydrogen-bond acceptors (Lipinski definition) is 2. The lowest BCUT2D eigenvalue weighted by molar-refractivity contribution is -0.115. The number of ether oxygens (including phenoxy) is 1. The fourth-order valence-corrected chi connectivity index (χ4v) is 0.544. The first-order valence-electron chi connectivity index (χ1n) is 2.82. The lowest BCUT2D eigenvalue weighted by Crippen LogP contribution is -2.06. The van der Waals surface area contributed by atoms with E-state index in [-0.39, 0.29) is 11.8 Å². The monoisotopic (exact) mass is 163 g/mol. The molecule has 0 aromatic carbocycles. The molecule has 0 bridgehead atoms. The van der Waals surface area contributed by atoms with Crippen LogP contribution in [0.15, 0.2) is 4.99 Å². The molecule has 0 fully saturated rings. The van der Waals surface area contributed by atoms with E-state index in [0.717, 1.165) is 0 Å². The lowest BCUT2D eigenvalue weighted by Gasteiger charge is -1.94. The van der Waals surface area contributed by atoms with Gasteiger partial charge in [0, 0.05) is 12.8 Å². The Hall–Kier alpha value is -0.410. The Kier molecular flexibility index (Phi) is 5.16. The van der Waals surface area contributed by atoms with Crippen molar-refractivity contribution in [2.75, 3.05) is 19.6 Å². The van der Waals surface area contributed by atoms with Gasteiger partial charge < -0.3 is 4.74 Å². The molecule has 1 amide bonds. The number of aliphatic imine (C=N–C) groups is 1. The van der Waals surface area contributed by atoms with E-state index < -0.39 is 0 Å². The van der Waals surface area contributed by atoms with Gasteiger partial charge in [-0.05, 0) is 6.92 Å². The average Bonchev–Trinajstić information content (AvgIpc) is 1.88. The van der Waals surface area contributed by atoms with Crippen LogP contribution in [0.4, 0.5) is 0 Å². The predicted octanol–water partition coefficient (Wildman–Crippen LogP) is 0.859. The molecule has 0 heterocycles. The summed E-state index contributed by atoms with van der Waals surface area (Å²) < 4.78 is 4.72. The number of nitrogens with zero attached hydrogens (tertiary/aromatic N) is 1. The van der Waals surface area contributed by atoms with E-state index in [1.54, 1.807) is 14.0 Å². The quantitative estimate of drug-likeness (QED) is 0.457. The molecule has 0 atom stereocenters. The molecule has 0 aromatic heterocycles. The topological polar surface area (TPSA) is 38.7 Å². The smallest absolute Gasteiger partial charge is 0.260 e. The maximum absolute atomic E-state index is 10.5. The Morgan fingerprint density at radius 2 is 2.30 bits per heavy atom. The normalized spacial score (nSPS) is 11.7. The molecule has 0 spiro atoms. The summed E-state index contributed by atoms with van der Waals surface area (Å²) >= 11 is 5.20. The highest BCUT2D eigenvalue weighted by Crippen LogP contribution is 1.84. The number of hydrogen-bond donors (Lipinski definition) is 0. The Balaban J connectivity index is 3.77. The van der Waals surface area contributed by atoms with Crippen LogP contribution in [-0.4, -0.2) is 31.2 Å². The summed E-state index contributed by atoms with van der Waals surface area (Å²) in [6.45, 7) is 2.09. The Labute approximate surface area is 65.0 Å². The number of rotatable bonds is 3. The maximum atomic E-state index is 10.5. The van der Waals surface area contributed by atoms with E-state index in [9.17, 15) is 4.79 Å². The maximum Gasteiger partial charge on any atom is 0.260 e. The summed E-state index contributed by atoms with van der Waals surface area (Å²) in [4.78, 5) is 14.1. The fourth-order valence-electron chi connectivity index (χ4n) is 0.484. The number of methoxy groups -OCH3 is 1. The van der Waals surface area contributed by atoms with Gasteiger partial charge in [-0.15, -0.1) is 11.6 Å². The molecule has 0 saturated heterocycles. The second-order valence-electron chi connectivity index (χ2n) is 1.81. The van der Waals surface area contributed by atoms with Crippen molar-refractivity contribution in [1.82, 2.24) is 0 Å². The van der Waals surface area contributed by atoms with Crippen molar-refractivity contribution in [2.45, 2.75) is 6.92 Å². The summed E-state index contributed by atoms with van der Waals surface area (Å²) in [6, 6.07) is 0. The van der Waals surface area contributed by atoms with Crippen molar-refractivity contribution >= 4 is 23.2 Å².